The van der Waals surface area contributed by atoms with Crippen LogP contribution in [0.25, 0.3) is 6.08 Å². The first kappa shape index (κ1) is 53.5. The minimum absolute atomic E-state index is 0.00372. The van der Waals surface area contributed by atoms with Crippen molar-refractivity contribution in [2.75, 3.05) is 39.9 Å². The molecule has 2 aliphatic heterocycles. The maximum atomic E-state index is 13.7. The third-order valence-corrected chi connectivity index (χ3v) is 13.9. The maximum absolute atomic E-state index is 13.7. The Hall–Kier alpha value is -7.32. The number of hydrogen-bond acceptors (Lipinski definition) is 8. The summed E-state index contributed by atoms with van der Waals surface area (Å²) in [6.45, 7) is 9.35. The first-order chi connectivity index (χ1) is 35.5. The molecule has 2 unspecified atom stereocenters. The van der Waals surface area contributed by atoms with Crippen molar-refractivity contribution in [3.05, 3.63) is 180 Å². The number of carbonyl (C=O) groups is 4. The first-order valence-corrected chi connectivity index (χ1v) is 25.8. The van der Waals surface area contributed by atoms with E-state index in [0.29, 0.717) is 64.2 Å². The van der Waals surface area contributed by atoms with Gasteiger partial charge in [-0.1, -0.05) is 137 Å². The minimum atomic E-state index is -0.731. The average Bonchev–Trinajstić information content (AvgIpc) is 4.13. The second-order valence-electron chi connectivity index (χ2n) is 19.3. The van der Waals surface area contributed by atoms with E-state index in [1.807, 2.05) is 77.7 Å². The molecule has 0 radical (unpaired) electrons. The van der Waals surface area contributed by atoms with Gasteiger partial charge in [0.2, 0.25) is 23.6 Å². The van der Waals surface area contributed by atoms with E-state index in [1.165, 1.54) is 24.5 Å². The van der Waals surface area contributed by atoms with Crippen LogP contribution in [-0.4, -0.2) is 105 Å². The van der Waals surface area contributed by atoms with Crippen molar-refractivity contribution in [3.63, 3.8) is 0 Å². The van der Waals surface area contributed by atoms with Gasteiger partial charge in [-0.05, 0) is 72.2 Å². The predicted molar refractivity (Wildman–Crippen MR) is 284 cm³/mol. The van der Waals surface area contributed by atoms with E-state index in [0.717, 1.165) is 59.4 Å². The van der Waals surface area contributed by atoms with Crippen LogP contribution in [0.2, 0.25) is 0 Å². The molecule has 2 aromatic heterocycles. The number of ether oxygens (including phenoxy) is 2. The number of H-pyrrole nitrogens is 2. The molecule has 14 nitrogen and oxygen atoms in total. The molecule has 2 saturated heterocycles. The highest BCUT2D eigenvalue weighted by molar-refractivity contribution is 5.95. The SMILES string of the molecule is CCCCCC1(c2ccccc2)CN(C(=O)C(Cc2ccccc2)NC(=O)CCc2c[nH]cn2)C1.CCCCOC1(c2ccccc2C)CN(C(=O)C(Cc2ccc(OC)cc2)NC(=O)C=Cc2c[nH]cn2)C1. The fraction of sp³-hybridized carbons (Fsp3) is 0.390. The van der Waals surface area contributed by atoms with Crippen LogP contribution in [0.5, 0.6) is 5.75 Å². The molecule has 0 bridgehead atoms. The van der Waals surface area contributed by atoms with Gasteiger partial charge in [0.05, 0.1) is 44.2 Å². The number of benzene rings is 4. The lowest BCUT2D eigenvalue weighted by molar-refractivity contribution is -0.175. The van der Waals surface area contributed by atoms with Gasteiger partial charge >= 0.3 is 0 Å². The number of nitrogens with zero attached hydrogens (tertiary/aromatic N) is 4. The van der Waals surface area contributed by atoms with Gasteiger partial charge in [0, 0.05) is 62.8 Å². The van der Waals surface area contributed by atoms with Crippen molar-refractivity contribution in [1.29, 1.82) is 0 Å². The molecule has 4 aromatic carbocycles. The third kappa shape index (κ3) is 14.7. The Balaban J connectivity index is 0.000000214. The Bertz CT molecular complexity index is 2660. The molecule has 2 aliphatic rings. The summed E-state index contributed by atoms with van der Waals surface area (Å²) < 4.78 is 11.7. The van der Waals surface area contributed by atoms with Crippen LogP contribution in [0.3, 0.4) is 0 Å². The van der Waals surface area contributed by atoms with Crippen LogP contribution >= 0.6 is 0 Å². The Morgan fingerprint density at radius 3 is 1.96 bits per heavy atom. The number of likely N-dealkylation sites (tertiary alicyclic amines) is 2. The van der Waals surface area contributed by atoms with Crippen LogP contribution in [-0.2, 0) is 54.2 Å². The number of aryl methyl sites for hydroxylation is 2. The number of methoxy groups -OCH3 is 1. The molecule has 2 atom stereocenters. The number of unbranched alkanes of at least 4 members (excludes halogenated alkanes) is 3. The Morgan fingerprint density at radius 1 is 0.712 bits per heavy atom. The molecule has 4 amide bonds. The van der Waals surface area contributed by atoms with Gasteiger partial charge in [0.15, 0.2) is 0 Å². The van der Waals surface area contributed by atoms with Gasteiger partial charge in [-0.3, -0.25) is 19.2 Å². The lowest BCUT2D eigenvalue weighted by Crippen LogP contribution is -2.66. The Kier molecular flexibility index (Phi) is 19.3. The van der Waals surface area contributed by atoms with Gasteiger partial charge in [-0.15, -0.1) is 0 Å². The molecule has 0 spiro atoms. The fourth-order valence-corrected chi connectivity index (χ4v) is 9.76. The number of carbonyl (C=O) groups excluding carboxylic acids is 4. The van der Waals surface area contributed by atoms with Gasteiger partial charge in [0.1, 0.15) is 23.4 Å². The topological polar surface area (TPSA) is 175 Å². The average molecular weight is 989 g/mol. The number of rotatable bonds is 24. The first-order valence-electron chi connectivity index (χ1n) is 25.8. The normalized spacial score (nSPS) is 15.2. The summed E-state index contributed by atoms with van der Waals surface area (Å²) in [6, 6.07) is 34.9. The van der Waals surface area contributed by atoms with Crippen LogP contribution < -0.4 is 15.4 Å². The highest BCUT2D eigenvalue weighted by Gasteiger charge is 2.50. The summed E-state index contributed by atoms with van der Waals surface area (Å²) in [5, 5.41) is 5.94. The van der Waals surface area contributed by atoms with E-state index in [9.17, 15) is 19.2 Å². The standard InChI is InChI=1S/C30H36N4O4.C29H36N4O2/c1-4-5-16-38-30(26-9-7-6-8-22(26)2)19-34(20-30)29(36)27(17-23-10-13-25(37-3)14-11-23)33-28(35)15-12-24-18-31-21-32-24;1-2-3-10-17-29(24-13-8-5-9-14-24)20-33(21-29)28(35)26(18-23-11-6-4-7-12-23)32-27(34)16-15-25-19-30-22-31-25/h6-15,18,21,27H,4-5,16-17,19-20H2,1-3H3,(H,31,32)(H,33,35);4-9,11-14,19,22,26H,2-3,10,15-18,20-21H2,1H3,(H,30,31)(H,32,34). The van der Waals surface area contributed by atoms with Gasteiger partial charge < -0.3 is 39.9 Å². The van der Waals surface area contributed by atoms with Crippen LogP contribution in [0.15, 0.2) is 140 Å². The fourth-order valence-electron chi connectivity index (χ4n) is 9.76. The third-order valence-electron chi connectivity index (χ3n) is 13.9. The van der Waals surface area contributed by atoms with Gasteiger partial charge in [0.25, 0.3) is 0 Å². The molecule has 6 aromatic rings. The van der Waals surface area contributed by atoms with E-state index >= 15 is 0 Å². The number of aromatic nitrogens is 4. The van der Waals surface area contributed by atoms with Crippen molar-refractivity contribution < 1.29 is 28.7 Å². The lowest BCUT2D eigenvalue weighted by atomic mass is 9.70. The highest BCUT2D eigenvalue weighted by atomic mass is 16.5. The quantitative estimate of drug-likeness (QED) is 0.0345. The maximum Gasteiger partial charge on any atom is 0.245 e. The van der Waals surface area contributed by atoms with E-state index in [1.54, 1.807) is 43.1 Å². The molecule has 4 heterocycles. The van der Waals surface area contributed by atoms with Crippen LogP contribution in [0.4, 0.5) is 0 Å². The summed E-state index contributed by atoms with van der Waals surface area (Å²) in [7, 11) is 1.61. The molecular weight excluding hydrogens is 917 g/mol. The summed E-state index contributed by atoms with van der Waals surface area (Å²) in [5.74, 6) is 0.122. The largest absolute Gasteiger partial charge is 0.497 e. The molecular formula is C59H72N8O6. The van der Waals surface area contributed by atoms with Crippen molar-refractivity contribution in [1.82, 2.24) is 40.4 Å². The Morgan fingerprint density at radius 2 is 1.33 bits per heavy atom. The van der Waals surface area contributed by atoms with Crippen molar-refractivity contribution in [2.45, 2.75) is 108 Å². The van der Waals surface area contributed by atoms with Crippen molar-refractivity contribution in [2.24, 2.45) is 0 Å². The minimum Gasteiger partial charge on any atom is -0.497 e. The van der Waals surface area contributed by atoms with E-state index in [-0.39, 0.29) is 29.0 Å². The molecule has 0 aliphatic carbocycles. The molecule has 384 valence electrons. The number of nitrogens with one attached hydrogen (secondary N) is 4. The number of hydrogen-bond donors (Lipinski definition) is 4. The molecule has 0 saturated carbocycles. The number of imidazole rings is 2. The summed E-state index contributed by atoms with van der Waals surface area (Å²) >= 11 is 0. The molecule has 2 fully saturated rings. The summed E-state index contributed by atoms with van der Waals surface area (Å²) in [6.07, 6.45) is 17.9. The van der Waals surface area contributed by atoms with Gasteiger partial charge in [-0.25, -0.2) is 9.97 Å². The zero-order valence-electron chi connectivity index (χ0n) is 42.9. The predicted octanol–water partition coefficient (Wildman–Crippen LogP) is 8.45. The number of amides is 4. The van der Waals surface area contributed by atoms with Crippen molar-refractivity contribution in [3.8, 4) is 5.75 Å². The van der Waals surface area contributed by atoms with E-state index < -0.39 is 17.7 Å². The lowest BCUT2D eigenvalue weighted by Gasteiger charge is -2.52. The summed E-state index contributed by atoms with van der Waals surface area (Å²) in [4.78, 5) is 70.7. The van der Waals surface area contributed by atoms with E-state index in [2.05, 4.69) is 87.7 Å². The van der Waals surface area contributed by atoms with Gasteiger partial charge in [-0.2, -0.15) is 0 Å². The van der Waals surface area contributed by atoms with Crippen LogP contribution in [0, 0.1) is 6.92 Å². The van der Waals surface area contributed by atoms with Crippen molar-refractivity contribution >= 4 is 29.7 Å². The molecule has 73 heavy (non-hydrogen) atoms. The second-order valence-corrected chi connectivity index (χ2v) is 19.3. The smallest absolute Gasteiger partial charge is 0.245 e. The van der Waals surface area contributed by atoms with Crippen LogP contribution in [0.1, 0.15) is 98.0 Å². The number of aromatic amines is 2. The monoisotopic (exact) mass is 989 g/mol. The zero-order valence-corrected chi connectivity index (χ0v) is 42.9. The molecule has 8 rings (SSSR count). The summed E-state index contributed by atoms with van der Waals surface area (Å²) in [5.41, 5.74) is 6.46. The second kappa shape index (κ2) is 26.4. The highest BCUT2D eigenvalue weighted by Crippen LogP contribution is 2.40. The zero-order chi connectivity index (χ0) is 51.5. The molecule has 14 heteroatoms. The van der Waals surface area contributed by atoms with E-state index in [4.69, 9.17) is 9.47 Å². The molecule has 4 N–H and O–H groups in total. The Labute approximate surface area is 430 Å².